The quantitative estimate of drug-likeness (QED) is 0.704. The molecular weight excluding hydrogens is 348 g/mol. The zero-order valence-electron chi connectivity index (χ0n) is 13.8. The molecule has 1 aromatic carbocycles. The van der Waals surface area contributed by atoms with Gasteiger partial charge in [0, 0.05) is 35.6 Å². The Morgan fingerprint density at radius 3 is 2.50 bits per heavy atom. The number of hydrogen-bond acceptors (Lipinski definition) is 4. The summed E-state index contributed by atoms with van der Waals surface area (Å²) in [5.74, 6) is -0.191. The van der Waals surface area contributed by atoms with Gasteiger partial charge in [-0.3, -0.25) is 14.8 Å². The summed E-state index contributed by atoms with van der Waals surface area (Å²) in [5.41, 5.74) is 2.92. The standard InChI is InChI=1S/C20H15ClN4O/c21-16-6-2-1-5-15(16)19-13-18(17-7-3-4-10-23-17)24-25(19)20(26)14-8-11-22-12-9-14/h1-12,19H,13H2. The molecule has 2 aromatic heterocycles. The van der Waals surface area contributed by atoms with Gasteiger partial charge in [-0.1, -0.05) is 35.9 Å². The second-order valence-electron chi connectivity index (χ2n) is 5.89. The number of rotatable bonds is 3. The van der Waals surface area contributed by atoms with Crippen LogP contribution in [-0.2, 0) is 0 Å². The fourth-order valence-corrected chi connectivity index (χ4v) is 3.26. The molecule has 0 N–H and O–H groups in total. The highest BCUT2D eigenvalue weighted by Gasteiger charge is 2.35. The Kier molecular flexibility index (Phi) is 4.46. The Morgan fingerprint density at radius 2 is 1.77 bits per heavy atom. The van der Waals surface area contributed by atoms with Crippen molar-refractivity contribution in [2.75, 3.05) is 0 Å². The van der Waals surface area contributed by atoms with Gasteiger partial charge in [0.25, 0.3) is 5.91 Å². The van der Waals surface area contributed by atoms with E-state index in [-0.39, 0.29) is 11.9 Å². The van der Waals surface area contributed by atoms with Crippen LogP contribution in [0.3, 0.4) is 0 Å². The Bertz CT molecular complexity index is 960. The topological polar surface area (TPSA) is 58.5 Å². The fourth-order valence-electron chi connectivity index (χ4n) is 3.00. The molecule has 0 radical (unpaired) electrons. The van der Waals surface area contributed by atoms with Crippen LogP contribution < -0.4 is 0 Å². The number of benzene rings is 1. The molecule has 4 rings (SSSR count). The predicted octanol–water partition coefficient (Wildman–Crippen LogP) is 4.12. The molecule has 1 aliphatic rings. The summed E-state index contributed by atoms with van der Waals surface area (Å²) in [5, 5.41) is 6.71. The molecule has 0 saturated carbocycles. The van der Waals surface area contributed by atoms with Crippen molar-refractivity contribution < 1.29 is 4.79 Å². The van der Waals surface area contributed by atoms with Crippen LogP contribution in [0.25, 0.3) is 0 Å². The van der Waals surface area contributed by atoms with Crippen molar-refractivity contribution in [1.29, 1.82) is 0 Å². The third-order valence-electron chi connectivity index (χ3n) is 4.27. The first-order valence-corrected chi connectivity index (χ1v) is 8.59. The lowest BCUT2D eigenvalue weighted by Crippen LogP contribution is -2.27. The van der Waals surface area contributed by atoms with Crippen molar-refractivity contribution >= 4 is 23.2 Å². The minimum atomic E-state index is -0.277. The van der Waals surface area contributed by atoms with Crippen molar-refractivity contribution in [3.8, 4) is 0 Å². The number of carbonyl (C=O) groups excluding carboxylic acids is 1. The number of hydrazone groups is 1. The molecule has 0 spiro atoms. The van der Waals surface area contributed by atoms with E-state index in [0.717, 1.165) is 17.0 Å². The summed E-state index contributed by atoms with van der Waals surface area (Å²) >= 11 is 6.40. The van der Waals surface area contributed by atoms with Crippen LogP contribution in [0.1, 0.15) is 34.1 Å². The van der Waals surface area contributed by atoms with Crippen molar-refractivity contribution in [2.24, 2.45) is 5.10 Å². The predicted molar refractivity (Wildman–Crippen MR) is 100.0 cm³/mol. The molecule has 6 heteroatoms. The monoisotopic (exact) mass is 362 g/mol. The van der Waals surface area contributed by atoms with Crippen molar-refractivity contribution in [3.05, 3.63) is 95.0 Å². The molecule has 0 fully saturated rings. The summed E-state index contributed by atoms with van der Waals surface area (Å²) < 4.78 is 0. The average Bonchev–Trinajstić information content (AvgIpc) is 3.14. The van der Waals surface area contributed by atoms with Crippen LogP contribution in [-0.4, -0.2) is 26.6 Å². The second-order valence-corrected chi connectivity index (χ2v) is 6.30. The van der Waals surface area contributed by atoms with Gasteiger partial charge in [-0.05, 0) is 35.9 Å². The Morgan fingerprint density at radius 1 is 1.00 bits per heavy atom. The van der Waals surface area contributed by atoms with Gasteiger partial charge in [0.1, 0.15) is 0 Å². The van der Waals surface area contributed by atoms with Crippen LogP contribution >= 0.6 is 11.6 Å². The van der Waals surface area contributed by atoms with Gasteiger partial charge in [0.2, 0.25) is 0 Å². The van der Waals surface area contributed by atoms with Gasteiger partial charge in [-0.25, -0.2) is 5.01 Å². The smallest absolute Gasteiger partial charge is 0.267 e. The number of hydrogen-bond donors (Lipinski definition) is 0. The van der Waals surface area contributed by atoms with Crippen LogP contribution in [0.15, 0.2) is 78.3 Å². The fraction of sp³-hybridized carbons (Fsp3) is 0.100. The average molecular weight is 363 g/mol. The molecule has 3 heterocycles. The third-order valence-corrected chi connectivity index (χ3v) is 4.61. The van der Waals surface area contributed by atoms with Crippen molar-refractivity contribution in [1.82, 2.24) is 15.0 Å². The van der Waals surface area contributed by atoms with E-state index in [9.17, 15) is 4.79 Å². The SMILES string of the molecule is O=C(c1ccncc1)N1N=C(c2ccccn2)CC1c1ccccc1Cl. The highest BCUT2D eigenvalue weighted by atomic mass is 35.5. The van der Waals surface area contributed by atoms with Crippen LogP contribution in [0.4, 0.5) is 0 Å². The highest BCUT2D eigenvalue weighted by Crippen LogP contribution is 2.36. The summed E-state index contributed by atoms with van der Waals surface area (Å²) in [7, 11) is 0. The molecule has 5 nitrogen and oxygen atoms in total. The number of pyridine rings is 2. The summed E-state index contributed by atoms with van der Waals surface area (Å²) in [6.07, 6.45) is 5.46. The van der Waals surface area contributed by atoms with Crippen LogP contribution in [0.5, 0.6) is 0 Å². The van der Waals surface area contributed by atoms with E-state index < -0.39 is 0 Å². The number of carbonyl (C=O) groups is 1. The van der Waals surface area contributed by atoms with Crippen LogP contribution in [0, 0.1) is 0 Å². The minimum Gasteiger partial charge on any atom is -0.267 e. The normalized spacial score (nSPS) is 16.4. The first-order valence-electron chi connectivity index (χ1n) is 8.21. The Balaban J connectivity index is 1.76. The van der Waals surface area contributed by atoms with E-state index >= 15 is 0 Å². The lowest BCUT2D eigenvalue weighted by Gasteiger charge is -2.22. The number of aromatic nitrogens is 2. The summed E-state index contributed by atoms with van der Waals surface area (Å²) in [4.78, 5) is 21.4. The van der Waals surface area contributed by atoms with Crippen molar-refractivity contribution in [3.63, 3.8) is 0 Å². The summed E-state index contributed by atoms with van der Waals surface area (Å²) in [6.45, 7) is 0. The lowest BCUT2D eigenvalue weighted by atomic mass is 10.00. The van der Waals surface area contributed by atoms with Gasteiger partial charge in [-0.2, -0.15) is 5.10 Å². The van der Waals surface area contributed by atoms with Gasteiger partial charge in [0.15, 0.2) is 0 Å². The number of nitrogens with zero attached hydrogens (tertiary/aromatic N) is 4. The van der Waals surface area contributed by atoms with E-state index in [0.29, 0.717) is 17.0 Å². The first kappa shape index (κ1) is 16.4. The van der Waals surface area contributed by atoms with Crippen molar-refractivity contribution in [2.45, 2.75) is 12.5 Å². The van der Waals surface area contributed by atoms with Gasteiger partial charge in [0.05, 0.1) is 17.4 Å². The summed E-state index contributed by atoms with van der Waals surface area (Å²) in [6, 6.07) is 16.3. The molecule has 0 aliphatic carbocycles. The maximum atomic E-state index is 13.0. The third kappa shape index (κ3) is 3.09. The molecule has 3 aromatic rings. The molecule has 1 aliphatic heterocycles. The molecular formula is C20H15ClN4O. The van der Waals surface area contributed by atoms with E-state index in [1.54, 1.807) is 30.7 Å². The van der Waals surface area contributed by atoms with Crippen LogP contribution in [0.2, 0.25) is 5.02 Å². The molecule has 0 bridgehead atoms. The Hall–Kier alpha value is -3.05. The number of amides is 1. The van der Waals surface area contributed by atoms with Gasteiger partial charge >= 0.3 is 0 Å². The molecule has 1 unspecified atom stereocenters. The number of halogens is 1. The minimum absolute atomic E-state index is 0.191. The molecule has 26 heavy (non-hydrogen) atoms. The van der Waals surface area contributed by atoms with E-state index in [4.69, 9.17) is 11.6 Å². The van der Waals surface area contributed by atoms with E-state index in [1.807, 2.05) is 42.5 Å². The lowest BCUT2D eigenvalue weighted by molar-refractivity contribution is 0.0711. The largest absolute Gasteiger partial charge is 0.274 e. The van der Waals surface area contributed by atoms with Gasteiger partial charge in [-0.15, -0.1) is 0 Å². The maximum Gasteiger partial charge on any atom is 0.274 e. The first-order chi connectivity index (χ1) is 12.7. The zero-order chi connectivity index (χ0) is 17.9. The molecule has 1 atom stereocenters. The van der Waals surface area contributed by atoms with Gasteiger partial charge < -0.3 is 0 Å². The second kappa shape index (κ2) is 7.06. The van der Waals surface area contributed by atoms with E-state index in [2.05, 4.69) is 15.1 Å². The zero-order valence-corrected chi connectivity index (χ0v) is 14.5. The molecule has 1 amide bonds. The molecule has 128 valence electrons. The maximum absolute atomic E-state index is 13.0. The van der Waals surface area contributed by atoms with E-state index in [1.165, 1.54) is 5.01 Å². The Labute approximate surface area is 156 Å². The molecule has 0 saturated heterocycles. The highest BCUT2D eigenvalue weighted by molar-refractivity contribution is 6.31.